The fourth-order valence-electron chi connectivity index (χ4n) is 4.70. The van der Waals surface area contributed by atoms with Gasteiger partial charge >= 0.3 is 0 Å². The highest BCUT2D eigenvalue weighted by atomic mass is 35.5. The minimum absolute atomic E-state index is 0. The van der Waals surface area contributed by atoms with Crippen LogP contribution in [0.15, 0.2) is 78.9 Å². The summed E-state index contributed by atoms with van der Waals surface area (Å²) in [6, 6.07) is 24.3. The number of fused-ring (bicyclic) bond motifs is 1. The lowest BCUT2D eigenvalue weighted by molar-refractivity contribution is 0.0994. The minimum atomic E-state index is -1.21. The molecule has 38 heavy (non-hydrogen) atoms. The Morgan fingerprint density at radius 2 is 1.58 bits per heavy atom. The highest BCUT2D eigenvalue weighted by Crippen LogP contribution is 2.40. The van der Waals surface area contributed by atoms with Crippen molar-refractivity contribution in [1.29, 1.82) is 5.41 Å². The van der Waals surface area contributed by atoms with Gasteiger partial charge in [-0.15, -0.1) is 24.8 Å². The number of halogens is 2. The summed E-state index contributed by atoms with van der Waals surface area (Å²) in [5.74, 6) is 1.22. The molecule has 0 radical (unpaired) electrons. The monoisotopic (exact) mass is 557 g/mol. The maximum Gasteiger partial charge on any atom is 0.204 e. The van der Waals surface area contributed by atoms with E-state index in [4.69, 9.17) is 20.6 Å². The van der Waals surface area contributed by atoms with E-state index >= 15 is 0 Å². The number of ether oxygens (including phenoxy) is 2. The van der Waals surface area contributed by atoms with Gasteiger partial charge in [-0.3, -0.25) is 10.2 Å². The number of benzene rings is 3. The van der Waals surface area contributed by atoms with Crippen molar-refractivity contribution in [2.45, 2.75) is 24.6 Å². The van der Waals surface area contributed by atoms with Crippen LogP contribution in [0.5, 0.6) is 11.5 Å². The zero-order valence-electron chi connectivity index (χ0n) is 20.9. The molecule has 2 heterocycles. The van der Waals surface area contributed by atoms with E-state index in [-0.39, 0.29) is 55.7 Å². The smallest absolute Gasteiger partial charge is 0.204 e. The van der Waals surface area contributed by atoms with Gasteiger partial charge in [0.25, 0.3) is 0 Å². The molecule has 1 fully saturated rings. The lowest BCUT2D eigenvalue weighted by Gasteiger charge is -2.38. The Labute approximate surface area is 235 Å². The third-order valence-corrected chi connectivity index (χ3v) is 6.70. The number of hydrogen-bond acceptors (Lipinski definition) is 7. The zero-order chi connectivity index (χ0) is 25.0. The molecule has 202 valence electrons. The maximum atomic E-state index is 13.2. The molecule has 5 rings (SSSR count). The van der Waals surface area contributed by atoms with Crippen molar-refractivity contribution in [3.63, 3.8) is 0 Å². The third-order valence-electron chi connectivity index (χ3n) is 6.70. The molecule has 5 N–H and O–H groups in total. The average molecular weight is 559 g/mol. The van der Waals surface area contributed by atoms with Crippen LogP contribution in [0.4, 0.5) is 11.4 Å². The molecule has 1 atom stereocenters. The van der Waals surface area contributed by atoms with Crippen LogP contribution in [-0.2, 0) is 0 Å². The number of anilines is 2. The second-order valence-corrected chi connectivity index (χ2v) is 9.12. The summed E-state index contributed by atoms with van der Waals surface area (Å²) in [7, 11) is 0. The molecule has 3 aromatic rings. The Kier molecular flexibility index (Phi) is 9.85. The Balaban J connectivity index is 0.00000200. The second-order valence-electron chi connectivity index (χ2n) is 9.12. The van der Waals surface area contributed by atoms with E-state index in [0.29, 0.717) is 11.3 Å². The number of hydrogen-bond donors (Lipinski definition) is 4. The minimum Gasteiger partial charge on any atom is -0.490 e. The van der Waals surface area contributed by atoms with E-state index in [1.54, 1.807) is 12.1 Å². The average Bonchev–Trinajstić information content (AvgIpc) is 3.24. The van der Waals surface area contributed by atoms with Gasteiger partial charge in [-0.05, 0) is 62.3 Å². The van der Waals surface area contributed by atoms with Crippen molar-refractivity contribution in [2.75, 3.05) is 36.5 Å². The van der Waals surface area contributed by atoms with Gasteiger partial charge in [0, 0.05) is 5.56 Å². The Hall–Kier alpha value is -3.46. The number of carbonyl (C=O) groups is 1. The Morgan fingerprint density at radius 1 is 0.947 bits per heavy atom. The van der Waals surface area contributed by atoms with Gasteiger partial charge in [0.1, 0.15) is 30.0 Å². The summed E-state index contributed by atoms with van der Waals surface area (Å²) in [6.07, 6.45) is 2.20. The highest BCUT2D eigenvalue weighted by molar-refractivity contribution is 6.05. The van der Waals surface area contributed by atoms with Gasteiger partial charge in [-0.25, -0.2) is 0 Å². The first-order chi connectivity index (χ1) is 17.5. The maximum absolute atomic E-state index is 13.2. The molecule has 10 heteroatoms. The van der Waals surface area contributed by atoms with Crippen LogP contribution in [-0.4, -0.2) is 49.6 Å². The molecule has 0 saturated carbocycles. The molecule has 0 spiro atoms. The molecular formula is C28H33Cl2N5O3. The lowest BCUT2D eigenvalue weighted by Crippen LogP contribution is -2.64. The topological polar surface area (TPSA) is 113 Å². The van der Waals surface area contributed by atoms with E-state index in [1.165, 1.54) is 0 Å². The summed E-state index contributed by atoms with van der Waals surface area (Å²) in [6.45, 7) is 2.02. The molecule has 0 amide bonds. The van der Waals surface area contributed by atoms with Crippen molar-refractivity contribution in [3.8, 4) is 11.5 Å². The van der Waals surface area contributed by atoms with Gasteiger partial charge in [0.05, 0.1) is 17.9 Å². The largest absolute Gasteiger partial charge is 0.490 e. The quantitative estimate of drug-likeness (QED) is 0.174. The predicted molar refractivity (Wildman–Crippen MR) is 156 cm³/mol. The predicted octanol–water partition coefficient (Wildman–Crippen LogP) is 4.49. The number of rotatable bonds is 9. The van der Waals surface area contributed by atoms with Crippen LogP contribution >= 0.6 is 24.8 Å². The first kappa shape index (κ1) is 29.1. The SMILES string of the molecule is Cl.Cl.N=C(N)C1(COc2ccc(OC3CCNCC3)cc2)Nc2ccccc2N1CC(=O)c1ccccc1. The van der Waals surface area contributed by atoms with Gasteiger partial charge in [0.2, 0.25) is 5.66 Å². The van der Waals surface area contributed by atoms with E-state index in [9.17, 15) is 4.79 Å². The van der Waals surface area contributed by atoms with Crippen molar-refractivity contribution in [3.05, 3.63) is 84.4 Å². The Bertz CT molecular complexity index is 1220. The molecular weight excluding hydrogens is 525 g/mol. The highest BCUT2D eigenvalue weighted by Gasteiger charge is 2.48. The molecule has 0 aromatic heterocycles. The zero-order valence-corrected chi connectivity index (χ0v) is 22.5. The van der Waals surface area contributed by atoms with Gasteiger partial charge in [-0.2, -0.15) is 0 Å². The van der Waals surface area contributed by atoms with Crippen LogP contribution in [0.2, 0.25) is 0 Å². The summed E-state index contributed by atoms with van der Waals surface area (Å²) in [5.41, 5.74) is 7.16. The number of piperidine rings is 1. The molecule has 3 aromatic carbocycles. The summed E-state index contributed by atoms with van der Waals surface area (Å²) in [5, 5.41) is 15.2. The number of nitrogens with one attached hydrogen (secondary N) is 3. The normalized spacial score (nSPS) is 18.3. The lowest BCUT2D eigenvalue weighted by atomic mass is 10.1. The summed E-state index contributed by atoms with van der Waals surface area (Å²) < 4.78 is 12.2. The molecule has 1 unspecified atom stereocenters. The van der Waals surface area contributed by atoms with Crippen LogP contribution in [0.3, 0.4) is 0 Å². The number of amidine groups is 1. The van der Waals surface area contributed by atoms with Crippen LogP contribution in [0, 0.1) is 5.41 Å². The van der Waals surface area contributed by atoms with E-state index < -0.39 is 5.66 Å². The summed E-state index contributed by atoms with van der Waals surface area (Å²) >= 11 is 0. The molecule has 0 bridgehead atoms. The molecule has 0 aliphatic carbocycles. The molecule has 2 aliphatic heterocycles. The molecule has 2 aliphatic rings. The second kappa shape index (κ2) is 12.9. The first-order valence-electron chi connectivity index (χ1n) is 12.2. The number of Topliss-reactive ketones (excluding diaryl/α,β-unsaturated/α-hetero) is 1. The van der Waals surface area contributed by atoms with Gasteiger partial charge in [-0.1, -0.05) is 42.5 Å². The van der Waals surface area contributed by atoms with Crippen molar-refractivity contribution in [1.82, 2.24) is 5.32 Å². The number of nitrogens with zero attached hydrogens (tertiary/aromatic N) is 1. The number of carbonyl (C=O) groups excluding carboxylic acids is 1. The van der Waals surface area contributed by atoms with E-state index in [2.05, 4.69) is 10.6 Å². The standard InChI is InChI=1S/C28H31N5O3.2ClH/c29-27(30)28(19-35-21-10-12-22(13-11-21)36-23-14-16-31-17-15-23)32-24-8-4-5-9-25(24)33(28)18-26(34)20-6-2-1-3-7-20;;/h1-13,23,31-32H,14-19H2,(H3,29,30);2*1H. The van der Waals surface area contributed by atoms with Crippen LogP contribution < -0.4 is 30.7 Å². The summed E-state index contributed by atoms with van der Waals surface area (Å²) in [4.78, 5) is 15.0. The van der Waals surface area contributed by atoms with Crippen LogP contribution in [0.25, 0.3) is 0 Å². The van der Waals surface area contributed by atoms with Crippen molar-refractivity contribution >= 4 is 47.8 Å². The van der Waals surface area contributed by atoms with E-state index in [0.717, 1.165) is 43.1 Å². The Morgan fingerprint density at radius 3 is 2.26 bits per heavy atom. The number of para-hydroxylation sites is 2. The number of nitrogens with two attached hydrogens (primary N) is 1. The first-order valence-corrected chi connectivity index (χ1v) is 12.2. The van der Waals surface area contributed by atoms with Gasteiger partial charge in [0.15, 0.2) is 5.78 Å². The molecule has 1 saturated heterocycles. The fourth-order valence-corrected chi connectivity index (χ4v) is 4.70. The van der Waals surface area contributed by atoms with Crippen molar-refractivity contribution < 1.29 is 14.3 Å². The van der Waals surface area contributed by atoms with Crippen LogP contribution in [0.1, 0.15) is 23.2 Å². The van der Waals surface area contributed by atoms with Gasteiger partial charge < -0.3 is 30.7 Å². The third kappa shape index (κ3) is 6.15. The number of ketones is 1. The fraction of sp³-hybridized carbons (Fsp3) is 0.286. The molecule has 8 nitrogen and oxygen atoms in total. The van der Waals surface area contributed by atoms with E-state index in [1.807, 2.05) is 71.6 Å². The van der Waals surface area contributed by atoms with Crippen molar-refractivity contribution in [2.24, 2.45) is 5.73 Å².